The lowest BCUT2D eigenvalue weighted by Gasteiger charge is -2.04. The van der Waals surface area contributed by atoms with Crippen LogP contribution in [0.3, 0.4) is 0 Å². The third-order valence-electron chi connectivity index (χ3n) is 2.58. The van der Waals surface area contributed by atoms with Gasteiger partial charge in [0.1, 0.15) is 12.5 Å². The van der Waals surface area contributed by atoms with Crippen LogP contribution in [0.2, 0.25) is 0 Å². The molecule has 0 spiro atoms. The van der Waals surface area contributed by atoms with Gasteiger partial charge in [0.15, 0.2) is 0 Å². The van der Waals surface area contributed by atoms with Crippen molar-refractivity contribution in [3.8, 4) is 11.1 Å². The van der Waals surface area contributed by atoms with Crippen LogP contribution in [0.15, 0.2) is 42.5 Å². The molecule has 0 fully saturated rings. The maximum atomic E-state index is 13.4. The van der Waals surface area contributed by atoms with E-state index in [9.17, 15) is 8.78 Å². The van der Waals surface area contributed by atoms with E-state index in [1.807, 2.05) is 31.2 Å². The van der Waals surface area contributed by atoms with E-state index in [-0.39, 0.29) is 5.56 Å². The van der Waals surface area contributed by atoms with E-state index in [4.69, 9.17) is 0 Å². The fraction of sp³-hybridized carbons (Fsp3) is 0.143. The number of hydrogen-bond donors (Lipinski definition) is 0. The Morgan fingerprint density at radius 3 is 2.12 bits per heavy atom. The molecule has 16 heavy (non-hydrogen) atoms. The van der Waals surface area contributed by atoms with Crippen LogP contribution in [-0.4, -0.2) is 0 Å². The van der Waals surface area contributed by atoms with Crippen molar-refractivity contribution in [2.45, 2.75) is 13.6 Å². The molecular weight excluding hydrogens is 206 g/mol. The Labute approximate surface area is 93.5 Å². The number of alkyl halides is 1. The molecule has 0 bridgehead atoms. The summed E-state index contributed by atoms with van der Waals surface area (Å²) in [7, 11) is 0. The van der Waals surface area contributed by atoms with E-state index >= 15 is 0 Å². The number of rotatable bonds is 2. The van der Waals surface area contributed by atoms with Gasteiger partial charge >= 0.3 is 0 Å². The number of hydrogen-bond acceptors (Lipinski definition) is 0. The highest BCUT2D eigenvalue weighted by Crippen LogP contribution is 2.22. The number of aryl methyl sites for hydroxylation is 1. The number of halogens is 2. The predicted octanol–water partition coefficient (Wildman–Crippen LogP) is 4.27. The van der Waals surface area contributed by atoms with Crippen molar-refractivity contribution in [1.29, 1.82) is 0 Å². The smallest absolute Gasteiger partial charge is 0.129 e. The summed E-state index contributed by atoms with van der Waals surface area (Å²) >= 11 is 0. The van der Waals surface area contributed by atoms with Gasteiger partial charge in [0, 0.05) is 5.56 Å². The van der Waals surface area contributed by atoms with E-state index in [2.05, 4.69) is 0 Å². The number of benzene rings is 2. The van der Waals surface area contributed by atoms with Gasteiger partial charge in [0.05, 0.1) is 0 Å². The van der Waals surface area contributed by atoms with Gasteiger partial charge < -0.3 is 0 Å². The Hall–Kier alpha value is -1.70. The molecular formula is C14H12F2. The molecule has 0 aliphatic rings. The zero-order valence-corrected chi connectivity index (χ0v) is 9.00. The topological polar surface area (TPSA) is 0 Å². The van der Waals surface area contributed by atoms with Crippen molar-refractivity contribution in [2.75, 3.05) is 0 Å². The van der Waals surface area contributed by atoms with E-state index in [1.165, 1.54) is 12.1 Å². The third-order valence-corrected chi connectivity index (χ3v) is 2.58. The summed E-state index contributed by atoms with van der Waals surface area (Å²) in [6.07, 6.45) is 0. The predicted molar refractivity (Wildman–Crippen MR) is 61.4 cm³/mol. The van der Waals surface area contributed by atoms with Crippen LogP contribution in [0.25, 0.3) is 11.1 Å². The highest BCUT2D eigenvalue weighted by Gasteiger charge is 2.04. The molecule has 0 saturated heterocycles. The summed E-state index contributed by atoms with van der Waals surface area (Å²) in [5.74, 6) is -0.486. The Morgan fingerprint density at radius 2 is 1.56 bits per heavy atom. The Balaban J connectivity index is 2.41. The van der Waals surface area contributed by atoms with Gasteiger partial charge in [-0.25, -0.2) is 8.78 Å². The molecule has 0 aliphatic carbocycles. The van der Waals surface area contributed by atoms with Crippen LogP contribution >= 0.6 is 0 Å². The minimum atomic E-state index is -0.764. The average Bonchev–Trinajstić information content (AvgIpc) is 2.30. The summed E-state index contributed by atoms with van der Waals surface area (Å²) in [6, 6.07) is 12.4. The van der Waals surface area contributed by atoms with E-state index in [0.717, 1.165) is 16.7 Å². The van der Waals surface area contributed by atoms with Crippen LogP contribution in [0.5, 0.6) is 0 Å². The first-order valence-electron chi connectivity index (χ1n) is 5.12. The molecule has 2 heteroatoms. The molecule has 82 valence electrons. The normalized spacial score (nSPS) is 10.4. The van der Waals surface area contributed by atoms with Gasteiger partial charge in [0.25, 0.3) is 0 Å². The average molecular weight is 218 g/mol. The van der Waals surface area contributed by atoms with Crippen LogP contribution in [0.1, 0.15) is 11.1 Å². The SMILES string of the molecule is Cc1ccc(-c2ccc(CF)c(F)c2)cc1. The minimum Gasteiger partial charge on any atom is -0.246 e. The van der Waals surface area contributed by atoms with Gasteiger partial charge in [-0.05, 0) is 24.1 Å². The van der Waals surface area contributed by atoms with Crippen LogP contribution in [0.4, 0.5) is 8.78 Å². The second kappa shape index (κ2) is 4.44. The lowest BCUT2D eigenvalue weighted by molar-refractivity contribution is 0.464. The lowest BCUT2D eigenvalue weighted by Crippen LogP contribution is -1.88. The molecule has 0 N–H and O–H groups in total. The second-order valence-corrected chi connectivity index (χ2v) is 3.81. The van der Waals surface area contributed by atoms with Gasteiger partial charge in [0.2, 0.25) is 0 Å². The van der Waals surface area contributed by atoms with E-state index < -0.39 is 12.5 Å². The molecule has 0 unspecified atom stereocenters. The van der Waals surface area contributed by atoms with Crippen LogP contribution in [-0.2, 0) is 6.67 Å². The first-order valence-corrected chi connectivity index (χ1v) is 5.12. The molecule has 0 saturated carbocycles. The molecule has 0 aromatic heterocycles. The van der Waals surface area contributed by atoms with Gasteiger partial charge in [-0.3, -0.25) is 0 Å². The quantitative estimate of drug-likeness (QED) is 0.706. The monoisotopic (exact) mass is 218 g/mol. The molecule has 0 nitrogen and oxygen atoms in total. The molecule has 0 atom stereocenters. The Morgan fingerprint density at radius 1 is 0.938 bits per heavy atom. The summed E-state index contributed by atoms with van der Waals surface area (Å²) < 4.78 is 25.7. The van der Waals surface area contributed by atoms with Crippen molar-refractivity contribution in [3.05, 3.63) is 59.4 Å². The van der Waals surface area contributed by atoms with Gasteiger partial charge in [-0.2, -0.15) is 0 Å². The third kappa shape index (κ3) is 2.11. The largest absolute Gasteiger partial charge is 0.246 e. The minimum absolute atomic E-state index is 0.107. The second-order valence-electron chi connectivity index (χ2n) is 3.81. The molecule has 0 amide bonds. The molecule has 2 aromatic carbocycles. The molecule has 2 aromatic rings. The Kier molecular flexibility index (Phi) is 3.00. The highest BCUT2D eigenvalue weighted by atomic mass is 19.1. The molecule has 0 aliphatic heterocycles. The summed E-state index contributed by atoms with van der Waals surface area (Å²) in [5.41, 5.74) is 2.98. The highest BCUT2D eigenvalue weighted by molar-refractivity contribution is 5.64. The van der Waals surface area contributed by atoms with Crippen molar-refractivity contribution in [3.63, 3.8) is 0 Å². The van der Waals surface area contributed by atoms with Crippen molar-refractivity contribution in [2.24, 2.45) is 0 Å². The van der Waals surface area contributed by atoms with Gasteiger partial charge in [-0.15, -0.1) is 0 Å². The zero-order valence-electron chi connectivity index (χ0n) is 9.00. The van der Waals surface area contributed by atoms with Crippen molar-refractivity contribution < 1.29 is 8.78 Å². The fourth-order valence-electron chi connectivity index (χ4n) is 1.58. The summed E-state index contributed by atoms with van der Waals surface area (Å²) in [6.45, 7) is 1.23. The standard InChI is InChI=1S/C14H12F2/c1-10-2-4-11(5-3-10)12-6-7-13(9-15)14(16)8-12/h2-8H,9H2,1H3. The molecule has 2 rings (SSSR count). The lowest BCUT2D eigenvalue weighted by atomic mass is 10.0. The van der Waals surface area contributed by atoms with Crippen molar-refractivity contribution in [1.82, 2.24) is 0 Å². The maximum Gasteiger partial charge on any atom is 0.129 e. The zero-order chi connectivity index (χ0) is 11.5. The van der Waals surface area contributed by atoms with Gasteiger partial charge in [-0.1, -0.05) is 42.0 Å². The summed E-state index contributed by atoms with van der Waals surface area (Å²) in [5, 5.41) is 0. The van der Waals surface area contributed by atoms with E-state index in [1.54, 1.807) is 6.07 Å². The maximum absolute atomic E-state index is 13.4. The first kappa shape index (κ1) is 10.8. The summed E-state index contributed by atoms with van der Waals surface area (Å²) in [4.78, 5) is 0. The molecule has 0 radical (unpaired) electrons. The fourth-order valence-corrected chi connectivity index (χ4v) is 1.58. The van der Waals surface area contributed by atoms with Crippen LogP contribution in [0, 0.1) is 12.7 Å². The van der Waals surface area contributed by atoms with Crippen LogP contribution < -0.4 is 0 Å². The Bertz CT molecular complexity index is 487. The first-order chi connectivity index (χ1) is 7.70. The molecule has 0 heterocycles. The van der Waals surface area contributed by atoms with E-state index in [0.29, 0.717) is 0 Å². The van der Waals surface area contributed by atoms with Crippen molar-refractivity contribution >= 4 is 0 Å².